The van der Waals surface area contributed by atoms with Gasteiger partial charge in [0.25, 0.3) is 0 Å². The minimum atomic E-state index is -1.45. The van der Waals surface area contributed by atoms with Crippen LogP contribution in [0.4, 0.5) is 4.79 Å². The average molecular weight is 242 g/mol. The molecule has 84 valence electrons. The fourth-order valence-corrected chi connectivity index (χ4v) is 1.01. The third kappa shape index (κ3) is 7.15. The van der Waals surface area contributed by atoms with Gasteiger partial charge in [0.05, 0.1) is 5.25 Å². The van der Waals surface area contributed by atoms with Gasteiger partial charge in [0, 0.05) is 6.54 Å². The number of amides is 1. The molecule has 1 unspecified atom stereocenters. The van der Waals surface area contributed by atoms with E-state index >= 15 is 0 Å². The highest BCUT2D eigenvalue weighted by atomic mass is 35.7. The van der Waals surface area contributed by atoms with Crippen molar-refractivity contribution in [2.24, 2.45) is 0 Å². The quantitative estimate of drug-likeness (QED) is 0.767. The highest BCUT2D eigenvalue weighted by Crippen LogP contribution is 2.06. The lowest BCUT2D eigenvalue weighted by atomic mass is 10.2. The lowest BCUT2D eigenvalue weighted by Crippen LogP contribution is -2.36. The smallest absolute Gasteiger partial charge is 0.407 e. The third-order valence-electron chi connectivity index (χ3n) is 1.25. The first-order chi connectivity index (χ1) is 6.22. The fourth-order valence-electron chi connectivity index (χ4n) is 0.607. The molecule has 0 aromatic heterocycles. The van der Waals surface area contributed by atoms with E-state index in [-0.39, 0.29) is 11.8 Å². The van der Waals surface area contributed by atoms with Gasteiger partial charge >= 0.3 is 6.09 Å². The second-order valence-corrected chi connectivity index (χ2v) is 6.16. The molecule has 0 aliphatic rings. The van der Waals surface area contributed by atoms with Gasteiger partial charge in [-0.15, -0.1) is 0 Å². The lowest BCUT2D eigenvalue weighted by molar-refractivity contribution is 0.0528. The van der Waals surface area contributed by atoms with Gasteiger partial charge in [0.15, 0.2) is 0 Å². The van der Waals surface area contributed by atoms with Crippen LogP contribution in [0.15, 0.2) is 0 Å². The second kappa shape index (κ2) is 5.56. The van der Waals surface area contributed by atoms with Gasteiger partial charge in [0.2, 0.25) is 0 Å². The van der Waals surface area contributed by atoms with E-state index in [1.807, 2.05) is 0 Å². The van der Waals surface area contributed by atoms with Crippen LogP contribution < -0.4 is 5.32 Å². The Morgan fingerprint density at radius 2 is 2.07 bits per heavy atom. The summed E-state index contributed by atoms with van der Waals surface area (Å²) in [6.07, 6.45) is -0.522. The van der Waals surface area contributed by atoms with Crippen LogP contribution >= 0.6 is 10.7 Å². The molecular weight excluding hydrogens is 226 g/mol. The SMILES string of the molecule is C[C@H](CNC(=O)OC(C)(C)C)S(=O)Cl. The molecular formula is C8H16ClNO3S. The number of hydrogen-bond donors (Lipinski definition) is 1. The molecule has 1 amide bonds. The Morgan fingerprint density at radius 3 is 2.43 bits per heavy atom. The Hall–Kier alpha value is -0.290. The minimum Gasteiger partial charge on any atom is -0.444 e. The van der Waals surface area contributed by atoms with E-state index in [0.29, 0.717) is 0 Å². The van der Waals surface area contributed by atoms with Crippen molar-refractivity contribution in [1.29, 1.82) is 0 Å². The van der Waals surface area contributed by atoms with Gasteiger partial charge in [-0.05, 0) is 38.4 Å². The maximum absolute atomic E-state index is 11.1. The van der Waals surface area contributed by atoms with Crippen LogP contribution in [0.25, 0.3) is 0 Å². The van der Waals surface area contributed by atoms with Crippen molar-refractivity contribution >= 4 is 26.8 Å². The van der Waals surface area contributed by atoms with E-state index in [1.54, 1.807) is 27.7 Å². The van der Waals surface area contributed by atoms with Gasteiger partial charge in [0.1, 0.15) is 15.6 Å². The van der Waals surface area contributed by atoms with Crippen molar-refractivity contribution < 1.29 is 13.7 Å². The van der Waals surface area contributed by atoms with Crippen LogP contribution in [0.1, 0.15) is 27.7 Å². The highest BCUT2D eigenvalue weighted by Gasteiger charge is 2.17. The Kier molecular flexibility index (Phi) is 5.44. The maximum atomic E-state index is 11.1. The van der Waals surface area contributed by atoms with Crippen LogP contribution in [-0.4, -0.2) is 27.7 Å². The topological polar surface area (TPSA) is 55.4 Å². The van der Waals surface area contributed by atoms with Crippen molar-refractivity contribution in [3.63, 3.8) is 0 Å². The van der Waals surface area contributed by atoms with Gasteiger partial charge in [-0.25, -0.2) is 9.00 Å². The average Bonchev–Trinajstić information content (AvgIpc) is 1.96. The molecule has 0 heterocycles. The van der Waals surface area contributed by atoms with E-state index < -0.39 is 21.7 Å². The summed E-state index contributed by atoms with van der Waals surface area (Å²) in [6, 6.07) is 0. The van der Waals surface area contributed by atoms with Crippen LogP contribution in [0.2, 0.25) is 0 Å². The highest BCUT2D eigenvalue weighted by molar-refractivity contribution is 8.08. The number of ether oxygens (including phenoxy) is 1. The zero-order chi connectivity index (χ0) is 11.4. The molecule has 6 heteroatoms. The number of alkyl carbamates (subject to hydrolysis) is 1. The molecule has 0 fully saturated rings. The van der Waals surface area contributed by atoms with Crippen molar-refractivity contribution in [2.75, 3.05) is 6.54 Å². The summed E-state index contributed by atoms with van der Waals surface area (Å²) in [5.74, 6) is 0. The van der Waals surface area contributed by atoms with Gasteiger partial charge in [-0.2, -0.15) is 0 Å². The lowest BCUT2D eigenvalue weighted by Gasteiger charge is -2.20. The first-order valence-electron chi connectivity index (χ1n) is 4.26. The number of rotatable bonds is 3. The molecule has 2 atom stereocenters. The summed E-state index contributed by atoms with van der Waals surface area (Å²) in [7, 11) is 3.88. The summed E-state index contributed by atoms with van der Waals surface area (Å²) in [5, 5.41) is 2.19. The molecule has 0 rings (SSSR count). The monoisotopic (exact) mass is 241 g/mol. The standard InChI is InChI=1S/C8H16ClNO3S/c1-6(14(9)12)5-10-7(11)13-8(2,3)4/h6H,5H2,1-4H3,(H,10,11)/t6-,14?/m1/s1. The molecule has 0 aliphatic carbocycles. The van der Waals surface area contributed by atoms with Crippen molar-refractivity contribution in [1.82, 2.24) is 5.32 Å². The fraction of sp³-hybridized carbons (Fsp3) is 0.875. The molecule has 0 aromatic carbocycles. The Balaban J connectivity index is 3.81. The Morgan fingerprint density at radius 1 is 1.57 bits per heavy atom. The third-order valence-corrected chi connectivity index (χ3v) is 2.96. The predicted molar refractivity (Wildman–Crippen MR) is 57.7 cm³/mol. The molecule has 0 saturated carbocycles. The summed E-state index contributed by atoms with van der Waals surface area (Å²) in [5.41, 5.74) is -0.520. The van der Waals surface area contributed by atoms with E-state index in [2.05, 4.69) is 5.32 Å². The molecule has 0 aromatic rings. The summed E-state index contributed by atoms with van der Waals surface area (Å²) in [6.45, 7) is 7.24. The molecule has 0 radical (unpaired) electrons. The van der Waals surface area contributed by atoms with E-state index in [4.69, 9.17) is 15.4 Å². The molecule has 0 bridgehead atoms. The number of nitrogens with one attached hydrogen (secondary N) is 1. The van der Waals surface area contributed by atoms with Gasteiger partial charge in [-0.3, -0.25) is 0 Å². The van der Waals surface area contributed by atoms with Gasteiger partial charge < -0.3 is 10.1 Å². The zero-order valence-electron chi connectivity index (χ0n) is 8.80. The normalized spacial score (nSPS) is 15.8. The second-order valence-electron chi connectivity index (χ2n) is 3.94. The molecule has 0 aliphatic heterocycles. The first kappa shape index (κ1) is 13.7. The molecule has 14 heavy (non-hydrogen) atoms. The van der Waals surface area contributed by atoms with E-state index in [0.717, 1.165) is 0 Å². The molecule has 4 nitrogen and oxygen atoms in total. The number of halogens is 1. The van der Waals surface area contributed by atoms with Crippen LogP contribution in [0, 0.1) is 0 Å². The van der Waals surface area contributed by atoms with Crippen LogP contribution in [-0.2, 0) is 14.7 Å². The van der Waals surface area contributed by atoms with Crippen LogP contribution in [0.5, 0.6) is 0 Å². The zero-order valence-corrected chi connectivity index (χ0v) is 10.4. The van der Waals surface area contributed by atoms with E-state index in [1.165, 1.54) is 0 Å². The maximum Gasteiger partial charge on any atom is 0.407 e. The minimum absolute atomic E-state index is 0.241. The largest absolute Gasteiger partial charge is 0.444 e. The predicted octanol–water partition coefficient (Wildman–Crippen LogP) is 1.80. The van der Waals surface area contributed by atoms with Crippen molar-refractivity contribution in [2.45, 2.75) is 38.5 Å². The number of hydrogen-bond acceptors (Lipinski definition) is 3. The summed E-state index contributed by atoms with van der Waals surface area (Å²) in [4.78, 5) is 11.1. The Labute approximate surface area is 91.3 Å². The van der Waals surface area contributed by atoms with Gasteiger partial charge in [-0.1, -0.05) is 0 Å². The molecule has 0 saturated heterocycles. The molecule has 1 N–H and O–H groups in total. The number of carbonyl (C=O) groups excluding carboxylic acids is 1. The van der Waals surface area contributed by atoms with Crippen LogP contribution in [0.3, 0.4) is 0 Å². The number of carbonyl (C=O) groups is 1. The Bertz CT molecular complexity index is 227. The van der Waals surface area contributed by atoms with E-state index in [9.17, 15) is 9.00 Å². The van der Waals surface area contributed by atoms with Crippen molar-refractivity contribution in [3.8, 4) is 0 Å². The molecule has 0 spiro atoms. The first-order valence-corrected chi connectivity index (χ1v) is 6.30. The summed E-state index contributed by atoms with van der Waals surface area (Å²) < 4.78 is 15.7. The van der Waals surface area contributed by atoms with Crippen molar-refractivity contribution in [3.05, 3.63) is 0 Å². The summed E-state index contributed by atoms with van der Waals surface area (Å²) >= 11 is 0.